The van der Waals surface area contributed by atoms with E-state index in [2.05, 4.69) is 10.6 Å². The van der Waals surface area contributed by atoms with Crippen molar-refractivity contribution in [3.63, 3.8) is 0 Å². The van der Waals surface area contributed by atoms with Gasteiger partial charge in [-0.2, -0.15) is 0 Å². The summed E-state index contributed by atoms with van der Waals surface area (Å²) >= 11 is 0. The maximum absolute atomic E-state index is 11.7. The van der Waals surface area contributed by atoms with E-state index in [1.807, 2.05) is 0 Å². The molecular weight excluding hydrogens is 324 g/mol. The Morgan fingerprint density at radius 1 is 1.18 bits per heavy atom. The van der Waals surface area contributed by atoms with E-state index in [4.69, 9.17) is 15.7 Å². The second kappa shape index (κ2) is 10.4. The summed E-state index contributed by atoms with van der Waals surface area (Å²) in [5.41, 5.74) is 5.55. The van der Waals surface area contributed by atoms with Crippen LogP contribution in [0.25, 0.3) is 0 Å². The van der Waals surface area contributed by atoms with Gasteiger partial charge < -0.3 is 27.8 Å². The minimum Gasteiger partial charge on any atom is -1.00 e. The quantitative estimate of drug-likeness (QED) is 0.220. The second-order valence-corrected chi connectivity index (χ2v) is 7.52. The smallest absolute Gasteiger partial charge is 1.00 e. The maximum atomic E-state index is 11.7. The monoisotopic (exact) mass is 347 g/mol. The predicted octanol–water partition coefficient (Wildman–Crippen LogP) is -4.19. The number of nitrogens with one attached hydrogen (secondary N) is 2. The first-order valence-electron chi connectivity index (χ1n) is 6.32. The van der Waals surface area contributed by atoms with E-state index in [-0.39, 0.29) is 43.6 Å². The average molecular weight is 347 g/mol. The van der Waals surface area contributed by atoms with Crippen LogP contribution in [0.15, 0.2) is 0 Å². The summed E-state index contributed by atoms with van der Waals surface area (Å²) in [5.74, 6) is -2.50. The molecule has 0 spiro atoms. The van der Waals surface area contributed by atoms with Crippen LogP contribution >= 0.6 is 7.37 Å². The molecule has 0 saturated heterocycles. The molecule has 0 rings (SSSR count). The van der Waals surface area contributed by atoms with Crippen LogP contribution in [0.4, 0.5) is 0 Å². The molecule has 0 aromatic carbocycles. The van der Waals surface area contributed by atoms with Crippen LogP contribution in [0.1, 0.15) is 21.7 Å². The summed E-state index contributed by atoms with van der Waals surface area (Å²) in [5, 5.41) is 13.2. The number of nitrogens with two attached hydrogens (primary N) is 1. The number of carbonyl (C=O) groups excluding carboxylic acids is 2. The third kappa shape index (κ3) is 10.3. The Hall–Kier alpha value is -0.440. The molecule has 4 atom stereocenters. The Bertz CT molecular complexity index is 461. The van der Waals surface area contributed by atoms with Gasteiger partial charge in [-0.15, -0.1) is 0 Å². The Morgan fingerprint density at radius 3 is 2.05 bits per heavy atom. The first-order chi connectivity index (χ1) is 9.44. The van der Waals surface area contributed by atoms with Crippen molar-refractivity contribution in [1.82, 2.24) is 10.6 Å². The SMILES string of the molecule is C[C@H](NC(=O)[C@H](C)NC(=O)[C@@H](N)CCP(C)(=O)O)C(=O)O.[H-].[Na+]. The van der Waals surface area contributed by atoms with Crippen LogP contribution in [0, 0.1) is 0 Å². The van der Waals surface area contributed by atoms with E-state index in [0.717, 1.165) is 0 Å². The van der Waals surface area contributed by atoms with Gasteiger partial charge in [-0.05, 0) is 20.3 Å². The third-order valence-electron chi connectivity index (χ3n) is 2.67. The fraction of sp³-hybridized carbons (Fsp3) is 0.727. The van der Waals surface area contributed by atoms with Gasteiger partial charge in [0.25, 0.3) is 0 Å². The topological polar surface area (TPSA) is 159 Å². The number of aliphatic carboxylic acids is 1. The van der Waals surface area contributed by atoms with Gasteiger partial charge in [0.05, 0.1) is 6.04 Å². The second-order valence-electron chi connectivity index (χ2n) is 4.97. The molecule has 0 aromatic rings. The fourth-order valence-corrected chi connectivity index (χ4v) is 2.05. The van der Waals surface area contributed by atoms with Crippen molar-refractivity contribution in [2.45, 2.75) is 38.4 Å². The zero-order valence-corrected chi connectivity index (χ0v) is 16.1. The number of rotatable bonds is 8. The van der Waals surface area contributed by atoms with Crippen molar-refractivity contribution in [3.05, 3.63) is 0 Å². The number of hydrogen-bond donors (Lipinski definition) is 5. The fourth-order valence-electron chi connectivity index (χ4n) is 1.30. The van der Waals surface area contributed by atoms with Crippen LogP contribution in [-0.4, -0.2) is 58.7 Å². The van der Waals surface area contributed by atoms with Gasteiger partial charge >= 0.3 is 35.5 Å². The van der Waals surface area contributed by atoms with Gasteiger partial charge in [0, 0.05) is 12.8 Å². The molecule has 1 unspecified atom stereocenters. The summed E-state index contributed by atoms with van der Waals surface area (Å²) in [6.07, 6.45) is -0.0891. The summed E-state index contributed by atoms with van der Waals surface area (Å²) < 4.78 is 11.1. The summed E-state index contributed by atoms with van der Waals surface area (Å²) in [6, 6.07) is -3.06. The van der Waals surface area contributed by atoms with Gasteiger partial charge in [0.15, 0.2) is 7.37 Å². The third-order valence-corrected chi connectivity index (χ3v) is 3.76. The Balaban J connectivity index is -0.00000200. The van der Waals surface area contributed by atoms with Crippen molar-refractivity contribution in [3.8, 4) is 0 Å². The molecule has 0 bridgehead atoms. The number of carbonyl (C=O) groups is 3. The minimum absolute atomic E-state index is 0. The van der Waals surface area contributed by atoms with Gasteiger partial charge in [0.2, 0.25) is 11.8 Å². The predicted molar refractivity (Wildman–Crippen MR) is 77.2 cm³/mol. The van der Waals surface area contributed by atoms with Crippen molar-refractivity contribution in [1.29, 1.82) is 0 Å². The van der Waals surface area contributed by atoms with Gasteiger partial charge in [-0.3, -0.25) is 18.9 Å². The molecule has 0 aromatic heterocycles. The van der Waals surface area contributed by atoms with E-state index in [0.29, 0.717) is 0 Å². The Kier molecular flexibility index (Phi) is 11.2. The standard InChI is InChI=1S/C11H22N3O6P.Na.H/c1-6(9(15)14-7(2)11(17)18)13-10(16)8(12)4-5-21(3,19)20;;/h6-8H,4-5,12H2,1-3H3,(H,13,16)(H,14,15)(H,17,18)(H,19,20);;/q;+1;-1/t6-,7-,8-;;/m0../s1. The summed E-state index contributed by atoms with van der Waals surface area (Å²) in [4.78, 5) is 43.0. The van der Waals surface area contributed by atoms with E-state index in [1.165, 1.54) is 20.5 Å². The zero-order chi connectivity index (χ0) is 16.8. The molecule has 11 heteroatoms. The van der Waals surface area contributed by atoms with Crippen LogP contribution in [0.5, 0.6) is 0 Å². The molecule has 124 valence electrons. The molecular formula is C11H23N3NaO6P. The van der Waals surface area contributed by atoms with Gasteiger partial charge in [0.1, 0.15) is 12.1 Å². The zero-order valence-electron chi connectivity index (χ0n) is 14.2. The van der Waals surface area contributed by atoms with Crippen LogP contribution in [0.3, 0.4) is 0 Å². The van der Waals surface area contributed by atoms with E-state index in [9.17, 15) is 18.9 Å². The van der Waals surface area contributed by atoms with Crippen LogP contribution in [-0.2, 0) is 18.9 Å². The van der Waals surface area contributed by atoms with Crippen molar-refractivity contribution >= 4 is 25.2 Å². The molecule has 0 radical (unpaired) electrons. The van der Waals surface area contributed by atoms with Crippen molar-refractivity contribution < 1.29 is 59.9 Å². The first kappa shape index (κ1) is 23.8. The molecule has 0 aliphatic carbocycles. The van der Waals surface area contributed by atoms with E-state index in [1.54, 1.807) is 0 Å². The van der Waals surface area contributed by atoms with Crippen molar-refractivity contribution in [2.24, 2.45) is 5.73 Å². The summed E-state index contributed by atoms with van der Waals surface area (Å²) in [7, 11) is -3.25. The molecule has 0 heterocycles. The molecule has 0 saturated carbocycles. The van der Waals surface area contributed by atoms with Crippen molar-refractivity contribution in [2.75, 3.05) is 12.8 Å². The number of carboxylic acids is 1. The number of hydrogen-bond acceptors (Lipinski definition) is 5. The molecule has 9 nitrogen and oxygen atoms in total. The molecule has 0 aliphatic heterocycles. The Morgan fingerprint density at radius 2 is 1.64 bits per heavy atom. The first-order valence-corrected chi connectivity index (χ1v) is 8.61. The average Bonchev–Trinajstić information content (AvgIpc) is 2.34. The number of carboxylic acid groups (broad SMARTS) is 1. The molecule has 0 fully saturated rings. The normalized spacial score (nSPS) is 17.1. The molecule has 22 heavy (non-hydrogen) atoms. The minimum atomic E-state index is -3.25. The Labute approximate surface area is 152 Å². The molecule has 6 N–H and O–H groups in total. The maximum Gasteiger partial charge on any atom is 1.00 e. The largest absolute Gasteiger partial charge is 1.00 e. The molecule has 2 amide bonds. The van der Waals surface area contributed by atoms with Gasteiger partial charge in [-0.25, -0.2) is 0 Å². The number of amides is 2. The van der Waals surface area contributed by atoms with Crippen LogP contribution < -0.4 is 45.9 Å². The molecule has 0 aliphatic rings. The summed E-state index contributed by atoms with van der Waals surface area (Å²) in [6.45, 7) is 3.84. The van der Waals surface area contributed by atoms with E-state index >= 15 is 0 Å². The van der Waals surface area contributed by atoms with Crippen LogP contribution in [0.2, 0.25) is 0 Å². The van der Waals surface area contributed by atoms with Gasteiger partial charge in [-0.1, -0.05) is 0 Å². The van der Waals surface area contributed by atoms with E-state index < -0.39 is 43.3 Å².